The average molecular weight is 251 g/mol. The van der Waals surface area contributed by atoms with Crippen molar-refractivity contribution in [3.8, 4) is 0 Å². The molecular weight excluding hydrogens is 234 g/mol. The van der Waals surface area contributed by atoms with Crippen LogP contribution < -0.4 is 0 Å². The zero-order chi connectivity index (χ0) is 13.7. The molecule has 1 aromatic rings. The monoisotopic (exact) mass is 251 g/mol. The lowest BCUT2D eigenvalue weighted by molar-refractivity contribution is 0.0680. The highest BCUT2D eigenvalue weighted by Crippen LogP contribution is 2.09. The Labute approximate surface area is 106 Å². The Kier molecular flexibility index (Phi) is 4.79. The average Bonchev–Trinajstić information content (AvgIpc) is 2.34. The number of carbonyl (C=O) groups excluding carboxylic acids is 1. The molecule has 6 heteroatoms. The minimum atomic E-state index is -1.15. The molecule has 0 aliphatic rings. The highest BCUT2D eigenvalue weighted by molar-refractivity contribution is 6.04. The van der Waals surface area contributed by atoms with E-state index in [1.807, 2.05) is 19.0 Å². The van der Waals surface area contributed by atoms with E-state index in [2.05, 4.69) is 4.98 Å². The molecule has 6 nitrogen and oxygen atoms in total. The van der Waals surface area contributed by atoms with Crippen molar-refractivity contribution < 1.29 is 14.7 Å². The molecule has 0 bridgehead atoms. The minimum absolute atomic E-state index is 0.0702. The third kappa shape index (κ3) is 3.53. The van der Waals surface area contributed by atoms with E-state index >= 15 is 0 Å². The van der Waals surface area contributed by atoms with E-state index in [4.69, 9.17) is 5.11 Å². The molecule has 98 valence electrons. The zero-order valence-electron chi connectivity index (χ0n) is 10.8. The van der Waals surface area contributed by atoms with Crippen LogP contribution in [0.3, 0.4) is 0 Å². The molecule has 0 radical (unpaired) electrons. The van der Waals surface area contributed by atoms with Gasteiger partial charge in [-0.1, -0.05) is 0 Å². The number of nitrogens with zero attached hydrogens (tertiary/aromatic N) is 3. The van der Waals surface area contributed by atoms with Crippen LogP contribution in [0.4, 0.5) is 0 Å². The second kappa shape index (κ2) is 6.11. The first-order valence-corrected chi connectivity index (χ1v) is 5.51. The standard InChI is InChI=1S/C12H17N3O3/c1-14(2)6-7-15(3)11(16)9-4-5-13-8-10(9)12(17)18/h4-5,8H,6-7H2,1-3H3,(H,17,18). The number of aromatic nitrogens is 1. The van der Waals surface area contributed by atoms with Gasteiger partial charge in [-0.05, 0) is 20.2 Å². The Morgan fingerprint density at radius 3 is 2.44 bits per heavy atom. The van der Waals surface area contributed by atoms with Crippen molar-refractivity contribution >= 4 is 11.9 Å². The van der Waals surface area contributed by atoms with E-state index in [1.165, 1.54) is 23.4 Å². The lowest BCUT2D eigenvalue weighted by Crippen LogP contribution is -2.34. The quantitative estimate of drug-likeness (QED) is 0.820. The molecule has 1 rings (SSSR count). The summed E-state index contributed by atoms with van der Waals surface area (Å²) in [5, 5.41) is 9.00. The number of carboxylic acid groups (broad SMARTS) is 1. The molecule has 18 heavy (non-hydrogen) atoms. The maximum atomic E-state index is 12.1. The van der Waals surface area contributed by atoms with E-state index in [-0.39, 0.29) is 17.0 Å². The van der Waals surface area contributed by atoms with Crippen molar-refractivity contribution in [2.24, 2.45) is 0 Å². The van der Waals surface area contributed by atoms with Crippen LogP contribution in [0.1, 0.15) is 20.7 Å². The lowest BCUT2D eigenvalue weighted by atomic mass is 10.1. The Balaban J connectivity index is 2.86. The molecule has 1 N–H and O–H groups in total. The van der Waals surface area contributed by atoms with Gasteiger partial charge in [0.15, 0.2) is 0 Å². The van der Waals surface area contributed by atoms with Gasteiger partial charge in [0.2, 0.25) is 0 Å². The fourth-order valence-corrected chi connectivity index (χ4v) is 1.41. The molecule has 1 aromatic heterocycles. The van der Waals surface area contributed by atoms with Gasteiger partial charge in [0.25, 0.3) is 5.91 Å². The van der Waals surface area contributed by atoms with Gasteiger partial charge in [0, 0.05) is 32.5 Å². The number of likely N-dealkylation sites (N-methyl/N-ethyl adjacent to an activating group) is 2. The van der Waals surface area contributed by atoms with Crippen molar-refractivity contribution in [2.75, 3.05) is 34.2 Å². The van der Waals surface area contributed by atoms with Crippen molar-refractivity contribution in [3.05, 3.63) is 29.6 Å². The van der Waals surface area contributed by atoms with Gasteiger partial charge in [0.05, 0.1) is 11.1 Å². The molecule has 0 aliphatic carbocycles. The molecule has 0 aromatic carbocycles. The second-order valence-electron chi connectivity index (χ2n) is 4.26. The van der Waals surface area contributed by atoms with E-state index < -0.39 is 5.97 Å². The number of carbonyl (C=O) groups is 2. The SMILES string of the molecule is CN(C)CCN(C)C(=O)c1ccncc1C(=O)O. The molecule has 0 saturated heterocycles. The van der Waals surface area contributed by atoms with Crippen LogP contribution in [0, 0.1) is 0 Å². The number of rotatable bonds is 5. The van der Waals surface area contributed by atoms with E-state index in [0.717, 1.165) is 6.54 Å². The molecule has 0 saturated carbocycles. The summed E-state index contributed by atoms with van der Waals surface area (Å²) >= 11 is 0. The second-order valence-corrected chi connectivity index (χ2v) is 4.26. The molecule has 0 unspecified atom stereocenters. The topological polar surface area (TPSA) is 73.7 Å². The van der Waals surface area contributed by atoms with Crippen LogP contribution in [0.25, 0.3) is 0 Å². The summed E-state index contributed by atoms with van der Waals surface area (Å²) in [7, 11) is 5.47. The molecule has 1 heterocycles. The summed E-state index contributed by atoms with van der Waals surface area (Å²) in [6, 6.07) is 1.43. The fraction of sp³-hybridized carbons (Fsp3) is 0.417. The summed E-state index contributed by atoms with van der Waals surface area (Å²) in [4.78, 5) is 30.3. The van der Waals surface area contributed by atoms with Crippen molar-refractivity contribution in [1.82, 2.24) is 14.8 Å². The van der Waals surface area contributed by atoms with E-state index in [1.54, 1.807) is 7.05 Å². The van der Waals surface area contributed by atoms with Gasteiger partial charge >= 0.3 is 5.97 Å². The van der Waals surface area contributed by atoms with Gasteiger partial charge in [-0.25, -0.2) is 4.79 Å². The number of amides is 1. The Bertz CT molecular complexity index is 446. The van der Waals surface area contributed by atoms with Crippen LogP contribution in [0.15, 0.2) is 18.5 Å². The fourth-order valence-electron chi connectivity index (χ4n) is 1.41. The first-order chi connectivity index (χ1) is 8.43. The first kappa shape index (κ1) is 14.1. The number of carboxylic acids is 1. The summed E-state index contributed by atoms with van der Waals surface area (Å²) in [5.41, 5.74) is 0.0953. The number of aromatic carboxylic acids is 1. The summed E-state index contributed by atoms with van der Waals surface area (Å²) in [6.45, 7) is 1.25. The van der Waals surface area contributed by atoms with Gasteiger partial charge in [0.1, 0.15) is 0 Å². The Hall–Kier alpha value is -1.95. The number of hydrogen-bond acceptors (Lipinski definition) is 4. The van der Waals surface area contributed by atoms with Gasteiger partial charge in [-0.3, -0.25) is 9.78 Å². The van der Waals surface area contributed by atoms with Crippen molar-refractivity contribution in [2.45, 2.75) is 0 Å². The summed E-state index contributed by atoms with van der Waals surface area (Å²) < 4.78 is 0. The van der Waals surface area contributed by atoms with E-state index in [0.29, 0.717) is 6.54 Å². The van der Waals surface area contributed by atoms with Crippen molar-refractivity contribution in [3.63, 3.8) is 0 Å². The lowest BCUT2D eigenvalue weighted by Gasteiger charge is -2.20. The van der Waals surface area contributed by atoms with E-state index in [9.17, 15) is 9.59 Å². The predicted molar refractivity (Wildman–Crippen MR) is 66.7 cm³/mol. The van der Waals surface area contributed by atoms with Crippen LogP contribution in [-0.2, 0) is 0 Å². The maximum Gasteiger partial charge on any atom is 0.338 e. The maximum absolute atomic E-state index is 12.1. The first-order valence-electron chi connectivity index (χ1n) is 5.51. The zero-order valence-corrected chi connectivity index (χ0v) is 10.8. The van der Waals surface area contributed by atoms with Crippen LogP contribution in [0.5, 0.6) is 0 Å². The molecule has 1 amide bonds. The van der Waals surface area contributed by atoms with Crippen molar-refractivity contribution in [1.29, 1.82) is 0 Å². The number of pyridine rings is 1. The Morgan fingerprint density at radius 2 is 1.89 bits per heavy atom. The van der Waals surface area contributed by atoms with Crippen LogP contribution in [0.2, 0.25) is 0 Å². The summed E-state index contributed by atoms with van der Waals surface area (Å²) in [6.07, 6.45) is 2.61. The smallest absolute Gasteiger partial charge is 0.338 e. The summed E-state index contributed by atoms with van der Waals surface area (Å²) in [5.74, 6) is -1.45. The third-order valence-corrected chi connectivity index (χ3v) is 2.51. The predicted octanol–water partition coefficient (Wildman–Crippen LogP) is 0.413. The van der Waals surface area contributed by atoms with Crippen LogP contribution >= 0.6 is 0 Å². The Morgan fingerprint density at radius 1 is 1.22 bits per heavy atom. The highest BCUT2D eigenvalue weighted by atomic mass is 16.4. The van der Waals surface area contributed by atoms with Gasteiger partial charge in [-0.2, -0.15) is 0 Å². The molecular formula is C12H17N3O3. The molecule has 0 fully saturated rings. The normalized spacial score (nSPS) is 10.4. The van der Waals surface area contributed by atoms with Gasteiger partial charge in [-0.15, -0.1) is 0 Å². The molecule has 0 atom stereocenters. The number of hydrogen-bond donors (Lipinski definition) is 1. The van der Waals surface area contributed by atoms with Gasteiger partial charge < -0.3 is 14.9 Å². The third-order valence-electron chi connectivity index (χ3n) is 2.51. The van der Waals surface area contributed by atoms with Crippen LogP contribution in [-0.4, -0.2) is 66.0 Å². The molecule has 0 spiro atoms. The minimum Gasteiger partial charge on any atom is -0.478 e. The molecule has 0 aliphatic heterocycles. The largest absolute Gasteiger partial charge is 0.478 e. The highest BCUT2D eigenvalue weighted by Gasteiger charge is 2.19.